The van der Waals surface area contributed by atoms with Crippen LogP contribution in [-0.4, -0.2) is 26.6 Å². The second-order valence-electron chi connectivity index (χ2n) is 6.80. The first-order valence-electron chi connectivity index (χ1n) is 9.06. The summed E-state index contributed by atoms with van der Waals surface area (Å²) in [5, 5.41) is 3.85. The predicted molar refractivity (Wildman–Crippen MR) is 107 cm³/mol. The van der Waals surface area contributed by atoms with E-state index in [1.165, 1.54) is 7.11 Å². The van der Waals surface area contributed by atoms with Crippen LogP contribution in [0.2, 0.25) is 0 Å². The molecule has 0 aliphatic heterocycles. The van der Waals surface area contributed by atoms with Crippen molar-refractivity contribution in [3.05, 3.63) is 60.7 Å². The fourth-order valence-electron chi connectivity index (χ4n) is 3.28. The van der Waals surface area contributed by atoms with Gasteiger partial charge in [0.2, 0.25) is 5.95 Å². The zero-order valence-electron chi connectivity index (χ0n) is 16.1. The molecule has 3 aromatic heterocycles. The molecule has 0 saturated carbocycles. The predicted octanol–water partition coefficient (Wildman–Crippen LogP) is 5.10. The summed E-state index contributed by atoms with van der Waals surface area (Å²) in [6.45, 7) is 4.18. The molecule has 0 spiro atoms. The fraction of sp³-hybridized carbons (Fsp3) is 0.190. The second kappa shape index (κ2) is 7.46. The van der Waals surface area contributed by atoms with Gasteiger partial charge in [-0.2, -0.15) is 0 Å². The van der Waals surface area contributed by atoms with Gasteiger partial charge in [0.1, 0.15) is 5.82 Å². The number of methoxy groups -OCH3 is 1. The lowest BCUT2D eigenvalue weighted by atomic mass is 10.1. The highest BCUT2D eigenvalue weighted by atomic mass is 19.1. The quantitative estimate of drug-likeness (QED) is 0.509. The summed E-state index contributed by atoms with van der Waals surface area (Å²) in [5.74, 6) is -1.44. The highest BCUT2D eigenvalue weighted by Gasteiger charge is 2.16. The van der Waals surface area contributed by atoms with E-state index < -0.39 is 11.6 Å². The number of hydrogen-bond donors (Lipinski definition) is 1. The molecule has 3 heterocycles. The van der Waals surface area contributed by atoms with Gasteiger partial charge in [-0.1, -0.05) is 0 Å². The van der Waals surface area contributed by atoms with Gasteiger partial charge in [0.05, 0.1) is 30.2 Å². The Kier molecular flexibility index (Phi) is 4.84. The lowest BCUT2D eigenvalue weighted by Gasteiger charge is -2.11. The summed E-state index contributed by atoms with van der Waals surface area (Å²) in [6, 6.07) is 5.86. The van der Waals surface area contributed by atoms with Crippen molar-refractivity contribution in [1.29, 1.82) is 0 Å². The number of benzene rings is 1. The Hall–Kier alpha value is -3.55. The average molecular weight is 395 g/mol. The van der Waals surface area contributed by atoms with Crippen molar-refractivity contribution in [3.8, 4) is 17.0 Å². The smallest absolute Gasteiger partial charge is 0.227 e. The molecule has 0 radical (unpaired) electrons. The van der Waals surface area contributed by atoms with Crippen LogP contribution in [0.25, 0.3) is 22.2 Å². The van der Waals surface area contributed by atoms with Crippen LogP contribution in [0, 0.1) is 11.6 Å². The Morgan fingerprint density at radius 3 is 2.72 bits per heavy atom. The van der Waals surface area contributed by atoms with Crippen LogP contribution in [0.15, 0.2) is 49.1 Å². The van der Waals surface area contributed by atoms with Gasteiger partial charge in [0, 0.05) is 47.7 Å². The summed E-state index contributed by atoms with van der Waals surface area (Å²) < 4.78 is 34.8. The van der Waals surface area contributed by atoms with Crippen LogP contribution in [0.4, 0.5) is 20.4 Å². The van der Waals surface area contributed by atoms with E-state index in [4.69, 9.17) is 4.74 Å². The number of ether oxygens (including phenoxy) is 1. The monoisotopic (exact) mass is 395 g/mol. The van der Waals surface area contributed by atoms with Crippen molar-refractivity contribution in [2.75, 3.05) is 12.4 Å². The van der Waals surface area contributed by atoms with E-state index >= 15 is 0 Å². The van der Waals surface area contributed by atoms with Crippen LogP contribution < -0.4 is 10.1 Å². The minimum atomic E-state index is -0.807. The molecule has 0 atom stereocenters. The molecule has 0 aliphatic rings. The molecule has 148 valence electrons. The van der Waals surface area contributed by atoms with Gasteiger partial charge >= 0.3 is 0 Å². The van der Waals surface area contributed by atoms with Gasteiger partial charge in [-0.25, -0.2) is 18.7 Å². The number of nitrogens with one attached hydrogen (secondary N) is 1. The number of hydrogen-bond acceptors (Lipinski definition) is 5. The van der Waals surface area contributed by atoms with Gasteiger partial charge in [0.25, 0.3) is 0 Å². The number of nitrogens with zero attached hydrogens (tertiary/aromatic N) is 4. The molecule has 29 heavy (non-hydrogen) atoms. The van der Waals surface area contributed by atoms with Crippen LogP contribution in [0.1, 0.15) is 19.9 Å². The van der Waals surface area contributed by atoms with Gasteiger partial charge in [-0.05, 0) is 26.0 Å². The molecular formula is C21H19F2N5O. The molecule has 6 nitrogen and oxygen atoms in total. The van der Waals surface area contributed by atoms with Crippen LogP contribution in [-0.2, 0) is 0 Å². The standard InChI is InChI=1S/C21H19F2N5O/c1-12(2)28-11-15(14-4-6-24-10-19(14)28)17-5-7-25-21(26-17)27-18-9-13(22)8-16(23)20(18)29-3/h4-12H,1-3H3,(H,25,26,27). The first-order valence-corrected chi connectivity index (χ1v) is 9.06. The van der Waals surface area contributed by atoms with Crippen LogP contribution >= 0.6 is 0 Å². The summed E-state index contributed by atoms with van der Waals surface area (Å²) in [7, 11) is 1.31. The summed E-state index contributed by atoms with van der Waals surface area (Å²) in [5.41, 5.74) is 2.70. The second-order valence-corrected chi connectivity index (χ2v) is 6.80. The maximum absolute atomic E-state index is 14.0. The number of aromatic nitrogens is 4. The molecule has 8 heteroatoms. The number of anilines is 2. The number of fused-ring (bicyclic) bond motifs is 1. The Morgan fingerprint density at radius 1 is 1.14 bits per heavy atom. The van der Waals surface area contributed by atoms with E-state index in [1.807, 2.05) is 18.5 Å². The maximum atomic E-state index is 14.0. The van der Waals surface area contributed by atoms with E-state index in [1.54, 1.807) is 18.5 Å². The van der Waals surface area contributed by atoms with E-state index in [9.17, 15) is 8.78 Å². The van der Waals surface area contributed by atoms with Crippen LogP contribution in [0.5, 0.6) is 5.75 Å². The Bertz CT molecular complexity index is 1190. The van der Waals surface area contributed by atoms with Gasteiger partial charge < -0.3 is 14.6 Å². The Balaban J connectivity index is 1.77. The Morgan fingerprint density at radius 2 is 1.97 bits per heavy atom. The summed E-state index contributed by atoms with van der Waals surface area (Å²) in [4.78, 5) is 12.9. The fourth-order valence-corrected chi connectivity index (χ4v) is 3.28. The first kappa shape index (κ1) is 18.8. The summed E-state index contributed by atoms with van der Waals surface area (Å²) in [6.07, 6.45) is 7.16. The zero-order valence-corrected chi connectivity index (χ0v) is 16.1. The molecule has 4 aromatic rings. The van der Waals surface area contributed by atoms with Gasteiger partial charge in [0.15, 0.2) is 11.6 Å². The summed E-state index contributed by atoms with van der Waals surface area (Å²) >= 11 is 0. The molecule has 0 saturated heterocycles. The SMILES string of the molecule is COc1c(F)cc(F)cc1Nc1nccc(-c2cn(C(C)C)c3cnccc23)n1. The van der Waals surface area contributed by atoms with Crippen molar-refractivity contribution in [1.82, 2.24) is 19.5 Å². The van der Waals surface area contributed by atoms with Gasteiger partial charge in [-0.3, -0.25) is 4.98 Å². The number of pyridine rings is 1. The molecule has 1 aromatic carbocycles. The van der Waals surface area contributed by atoms with E-state index in [-0.39, 0.29) is 23.4 Å². The Labute approximate surface area is 166 Å². The van der Waals surface area contributed by atoms with Crippen molar-refractivity contribution < 1.29 is 13.5 Å². The maximum Gasteiger partial charge on any atom is 0.227 e. The van der Waals surface area contributed by atoms with E-state index in [0.29, 0.717) is 5.69 Å². The molecule has 0 amide bonds. The highest BCUT2D eigenvalue weighted by Crippen LogP contribution is 2.33. The largest absolute Gasteiger partial charge is 0.492 e. The molecule has 0 unspecified atom stereocenters. The highest BCUT2D eigenvalue weighted by molar-refractivity contribution is 5.94. The van der Waals surface area contributed by atoms with Crippen molar-refractivity contribution in [2.45, 2.75) is 19.9 Å². The minimum Gasteiger partial charge on any atom is -0.492 e. The van der Waals surface area contributed by atoms with E-state index in [0.717, 1.165) is 28.6 Å². The third-order valence-electron chi connectivity index (χ3n) is 4.58. The first-order chi connectivity index (χ1) is 14.0. The minimum absolute atomic E-state index is 0.107. The van der Waals surface area contributed by atoms with Gasteiger partial charge in [-0.15, -0.1) is 0 Å². The van der Waals surface area contributed by atoms with Crippen molar-refractivity contribution >= 4 is 22.5 Å². The average Bonchev–Trinajstić information content (AvgIpc) is 3.08. The van der Waals surface area contributed by atoms with Crippen molar-refractivity contribution in [2.24, 2.45) is 0 Å². The molecule has 4 rings (SSSR count). The molecule has 1 N–H and O–H groups in total. The molecule has 0 aliphatic carbocycles. The van der Waals surface area contributed by atoms with Crippen molar-refractivity contribution in [3.63, 3.8) is 0 Å². The lowest BCUT2D eigenvalue weighted by molar-refractivity contribution is 0.386. The molecular weight excluding hydrogens is 376 g/mol. The zero-order chi connectivity index (χ0) is 20.5. The molecule has 0 fully saturated rings. The third-order valence-corrected chi connectivity index (χ3v) is 4.58. The number of halogens is 2. The van der Waals surface area contributed by atoms with E-state index in [2.05, 4.69) is 38.7 Å². The molecule has 0 bridgehead atoms. The normalized spacial score (nSPS) is 11.2. The lowest BCUT2D eigenvalue weighted by Crippen LogP contribution is -2.02. The third kappa shape index (κ3) is 3.49. The number of rotatable bonds is 5. The topological polar surface area (TPSA) is 64.9 Å². The van der Waals surface area contributed by atoms with Crippen LogP contribution in [0.3, 0.4) is 0 Å².